The van der Waals surface area contributed by atoms with E-state index in [-0.39, 0.29) is 5.91 Å². The number of carboxylic acids is 1. The number of pyridine rings is 1. The number of likely N-dealkylation sites (N-methyl/N-ethyl adjacent to an activating group) is 1. The fourth-order valence-corrected chi connectivity index (χ4v) is 1.45. The van der Waals surface area contributed by atoms with Crippen LogP contribution in [0, 0.1) is 0 Å². The molecule has 0 bridgehead atoms. The predicted molar refractivity (Wildman–Crippen MR) is 61.1 cm³/mol. The van der Waals surface area contributed by atoms with E-state index in [0.717, 1.165) is 0 Å². The Morgan fingerprint density at radius 3 is 2.69 bits per heavy atom. The Morgan fingerprint density at radius 1 is 1.56 bits per heavy atom. The number of aliphatic carboxylic acids is 1. The Bertz CT molecular complexity index is 422. The van der Waals surface area contributed by atoms with Gasteiger partial charge in [0, 0.05) is 18.8 Å². The molecular formula is C10H11BrN2O3. The molecule has 16 heavy (non-hydrogen) atoms. The molecule has 1 N–H and O–H groups in total. The first-order valence-electron chi connectivity index (χ1n) is 4.55. The summed E-state index contributed by atoms with van der Waals surface area (Å²) in [6.07, 6.45) is 1.48. The first kappa shape index (κ1) is 12.6. The summed E-state index contributed by atoms with van der Waals surface area (Å²) in [4.78, 5) is 27.6. The quantitative estimate of drug-likeness (QED) is 0.853. The highest BCUT2D eigenvalue weighted by atomic mass is 79.9. The van der Waals surface area contributed by atoms with Crippen molar-refractivity contribution in [2.45, 2.75) is 13.0 Å². The molecule has 86 valence electrons. The highest BCUT2D eigenvalue weighted by Crippen LogP contribution is 2.11. The maximum atomic E-state index is 11.9. The monoisotopic (exact) mass is 286 g/mol. The summed E-state index contributed by atoms with van der Waals surface area (Å²) in [6, 6.07) is 2.23. The van der Waals surface area contributed by atoms with Crippen molar-refractivity contribution in [2.75, 3.05) is 7.05 Å². The number of carbonyl (C=O) groups excluding carboxylic acids is 1. The summed E-state index contributed by atoms with van der Waals surface area (Å²) in [5.74, 6) is -1.39. The van der Waals surface area contributed by atoms with E-state index >= 15 is 0 Å². The van der Waals surface area contributed by atoms with Crippen LogP contribution in [0.1, 0.15) is 17.3 Å². The number of halogens is 1. The first-order valence-corrected chi connectivity index (χ1v) is 5.34. The smallest absolute Gasteiger partial charge is 0.326 e. The summed E-state index contributed by atoms with van der Waals surface area (Å²) < 4.78 is 0.537. The Kier molecular flexibility index (Phi) is 4.00. The second-order valence-electron chi connectivity index (χ2n) is 3.30. The lowest BCUT2D eigenvalue weighted by molar-refractivity contribution is -0.141. The van der Waals surface area contributed by atoms with Crippen LogP contribution in [0.5, 0.6) is 0 Å². The summed E-state index contributed by atoms with van der Waals surface area (Å²) in [5.41, 5.74) is 0.400. The van der Waals surface area contributed by atoms with Gasteiger partial charge in [0.1, 0.15) is 10.6 Å². The highest BCUT2D eigenvalue weighted by molar-refractivity contribution is 9.10. The molecule has 0 spiro atoms. The number of rotatable bonds is 3. The first-order chi connectivity index (χ1) is 7.43. The molecule has 0 saturated carbocycles. The molecule has 0 saturated heterocycles. The van der Waals surface area contributed by atoms with E-state index in [4.69, 9.17) is 5.11 Å². The van der Waals surface area contributed by atoms with E-state index in [1.54, 1.807) is 6.07 Å². The van der Waals surface area contributed by atoms with Gasteiger partial charge in [0.15, 0.2) is 0 Å². The molecule has 1 rings (SSSR count). The fourth-order valence-electron chi connectivity index (χ4n) is 1.08. The van der Waals surface area contributed by atoms with Gasteiger partial charge in [0.25, 0.3) is 5.91 Å². The standard InChI is InChI=1S/C10H11BrN2O3/c1-6(10(15)16)13(2)9(14)7-3-4-12-8(11)5-7/h3-6H,1-2H3,(H,15,16). The number of carboxylic acid groups (broad SMARTS) is 1. The van der Waals surface area contributed by atoms with Crippen molar-refractivity contribution in [3.63, 3.8) is 0 Å². The number of hydrogen-bond donors (Lipinski definition) is 1. The molecule has 1 atom stereocenters. The van der Waals surface area contributed by atoms with Crippen LogP contribution in [0.25, 0.3) is 0 Å². The van der Waals surface area contributed by atoms with Gasteiger partial charge < -0.3 is 10.0 Å². The molecule has 0 aliphatic rings. The molecule has 6 heteroatoms. The molecule has 0 aromatic carbocycles. The summed E-state index contributed by atoms with van der Waals surface area (Å²) in [5, 5.41) is 8.79. The SMILES string of the molecule is CC(C(=O)O)N(C)C(=O)c1ccnc(Br)c1. The molecule has 0 aliphatic heterocycles. The summed E-state index contributed by atoms with van der Waals surface area (Å²) >= 11 is 3.15. The number of hydrogen-bond acceptors (Lipinski definition) is 3. The zero-order valence-electron chi connectivity index (χ0n) is 8.85. The zero-order valence-corrected chi connectivity index (χ0v) is 10.4. The fraction of sp³-hybridized carbons (Fsp3) is 0.300. The third-order valence-electron chi connectivity index (χ3n) is 2.23. The molecule has 1 aromatic rings. The summed E-state index contributed by atoms with van der Waals surface area (Å²) in [6.45, 7) is 1.45. The number of amides is 1. The van der Waals surface area contributed by atoms with Crippen LogP contribution in [0.15, 0.2) is 22.9 Å². The Hall–Kier alpha value is -1.43. The van der Waals surface area contributed by atoms with Crippen LogP contribution >= 0.6 is 15.9 Å². The van der Waals surface area contributed by atoms with Crippen molar-refractivity contribution < 1.29 is 14.7 Å². The lowest BCUT2D eigenvalue weighted by atomic mass is 10.2. The lowest BCUT2D eigenvalue weighted by Crippen LogP contribution is -2.40. The zero-order chi connectivity index (χ0) is 12.3. The molecule has 5 nitrogen and oxygen atoms in total. The molecule has 1 amide bonds. The van der Waals surface area contributed by atoms with Gasteiger partial charge in [-0.3, -0.25) is 4.79 Å². The van der Waals surface area contributed by atoms with Crippen molar-refractivity contribution >= 4 is 27.8 Å². The van der Waals surface area contributed by atoms with Crippen molar-refractivity contribution in [3.8, 4) is 0 Å². The van der Waals surface area contributed by atoms with Crippen LogP contribution in [0.4, 0.5) is 0 Å². The van der Waals surface area contributed by atoms with Crippen molar-refractivity contribution in [3.05, 3.63) is 28.5 Å². The van der Waals surface area contributed by atoms with Gasteiger partial charge in [-0.1, -0.05) is 0 Å². The minimum Gasteiger partial charge on any atom is -0.480 e. The van der Waals surface area contributed by atoms with E-state index in [2.05, 4.69) is 20.9 Å². The summed E-state index contributed by atoms with van der Waals surface area (Å²) in [7, 11) is 1.45. The second-order valence-corrected chi connectivity index (χ2v) is 4.11. The number of nitrogens with zero attached hydrogens (tertiary/aromatic N) is 2. The second kappa shape index (κ2) is 5.07. The maximum absolute atomic E-state index is 11.9. The minimum atomic E-state index is -1.04. The maximum Gasteiger partial charge on any atom is 0.326 e. The van der Waals surface area contributed by atoms with E-state index < -0.39 is 12.0 Å². The Labute approximate surface area is 101 Å². The lowest BCUT2D eigenvalue weighted by Gasteiger charge is -2.21. The Morgan fingerprint density at radius 2 is 2.19 bits per heavy atom. The molecule has 0 aliphatic carbocycles. The van der Waals surface area contributed by atoms with Gasteiger partial charge in [-0.15, -0.1) is 0 Å². The van der Waals surface area contributed by atoms with E-state index in [1.807, 2.05) is 0 Å². The third-order valence-corrected chi connectivity index (χ3v) is 2.67. The normalized spacial score (nSPS) is 11.9. The van der Waals surface area contributed by atoms with Crippen LogP contribution in [0.3, 0.4) is 0 Å². The van der Waals surface area contributed by atoms with Gasteiger partial charge in [0.05, 0.1) is 0 Å². The number of aromatic nitrogens is 1. The molecule has 1 unspecified atom stereocenters. The molecular weight excluding hydrogens is 276 g/mol. The van der Waals surface area contributed by atoms with Gasteiger partial charge in [0.2, 0.25) is 0 Å². The van der Waals surface area contributed by atoms with Crippen molar-refractivity contribution in [1.82, 2.24) is 9.88 Å². The van der Waals surface area contributed by atoms with Gasteiger partial charge in [-0.2, -0.15) is 0 Å². The molecule has 1 aromatic heterocycles. The molecule has 1 heterocycles. The molecule has 0 fully saturated rings. The minimum absolute atomic E-state index is 0.349. The predicted octanol–water partition coefficient (Wildman–Crippen LogP) is 1.39. The van der Waals surface area contributed by atoms with Crippen molar-refractivity contribution in [1.29, 1.82) is 0 Å². The average molecular weight is 287 g/mol. The highest BCUT2D eigenvalue weighted by Gasteiger charge is 2.22. The van der Waals surface area contributed by atoms with Crippen molar-refractivity contribution in [2.24, 2.45) is 0 Å². The van der Waals surface area contributed by atoms with E-state index in [0.29, 0.717) is 10.2 Å². The van der Waals surface area contributed by atoms with Crippen LogP contribution in [0.2, 0.25) is 0 Å². The van der Waals surface area contributed by atoms with Gasteiger partial charge in [-0.05, 0) is 35.0 Å². The number of carbonyl (C=O) groups is 2. The third kappa shape index (κ3) is 2.79. The average Bonchev–Trinajstić information content (AvgIpc) is 2.26. The Balaban J connectivity index is 2.90. The van der Waals surface area contributed by atoms with Crippen LogP contribution < -0.4 is 0 Å². The topological polar surface area (TPSA) is 70.5 Å². The largest absolute Gasteiger partial charge is 0.480 e. The van der Waals surface area contributed by atoms with Crippen LogP contribution in [-0.4, -0.2) is 40.0 Å². The van der Waals surface area contributed by atoms with Gasteiger partial charge >= 0.3 is 5.97 Å². The van der Waals surface area contributed by atoms with Gasteiger partial charge in [-0.25, -0.2) is 9.78 Å². The van der Waals surface area contributed by atoms with Crippen LogP contribution in [-0.2, 0) is 4.79 Å². The van der Waals surface area contributed by atoms with E-state index in [9.17, 15) is 9.59 Å². The van der Waals surface area contributed by atoms with E-state index in [1.165, 1.54) is 31.1 Å². The molecule has 0 radical (unpaired) electrons.